The molecule has 4 heteroatoms. The fourth-order valence-corrected chi connectivity index (χ4v) is 4.52. The number of hydrogen-bond acceptors (Lipinski definition) is 4. The van der Waals surface area contributed by atoms with E-state index in [0.717, 1.165) is 24.9 Å². The molecule has 2 aromatic carbocycles. The average molecular weight is 336 g/mol. The molecule has 0 aromatic heterocycles. The molecule has 3 N–H and O–H groups in total. The number of nitrogens with two attached hydrogens (primary N) is 1. The van der Waals surface area contributed by atoms with Gasteiger partial charge in [-0.05, 0) is 43.0 Å². The summed E-state index contributed by atoms with van der Waals surface area (Å²) < 4.78 is 0. The van der Waals surface area contributed by atoms with Gasteiger partial charge in [-0.3, -0.25) is 9.69 Å². The Morgan fingerprint density at radius 1 is 1.20 bits per heavy atom. The Hall–Kier alpha value is -2.33. The van der Waals surface area contributed by atoms with Crippen LogP contribution in [0.1, 0.15) is 42.0 Å². The van der Waals surface area contributed by atoms with Gasteiger partial charge in [0.15, 0.2) is 0 Å². The number of aromatic hydroxyl groups is 1. The zero-order valence-electron chi connectivity index (χ0n) is 14.5. The average Bonchev–Trinajstić information content (AvgIpc) is 2.58. The third kappa shape index (κ3) is 2.91. The number of benzene rings is 2. The van der Waals surface area contributed by atoms with Crippen molar-refractivity contribution in [1.82, 2.24) is 4.90 Å². The quantitative estimate of drug-likeness (QED) is 0.664. The highest BCUT2D eigenvalue weighted by atomic mass is 16.3. The Kier molecular flexibility index (Phi) is 4.00. The molecule has 0 spiro atoms. The van der Waals surface area contributed by atoms with Gasteiger partial charge in [-0.15, -0.1) is 0 Å². The minimum atomic E-state index is 0.0266. The number of Topliss-reactive ketones (excluding diaryl/α,β-unsaturated/α-hetero) is 1. The van der Waals surface area contributed by atoms with E-state index in [-0.39, 0.29) is 23.8 Å². The number of anilines is 1. The van der Waals surface area contributed by atoms with Crippen molar-refractivity contribution < 1.29 is 9.90 Å². The largest absolute Gasteiger partial charge is 0.506 e. The molecule has 0 amide bonds. The van der Waals surface area contributed by atoms with Crippen molar-refractivity contribution in [1.29, 1.82) is 0 Å². The van der Waals surface area contributed by atoms with Crippen molar-refractivity contribution in [3.05, 3.63) is 59.2 Å². The Bertz CT molecular complexity index is 817. The normalized spacial score (nSPS) is 26.1. The van der Waals surface area contributed by atoms with E-state index in [0.29, 0.717) is 17.9 Å². The van der Waals surface area contributed by atoms with Gasteiger partial charge >= 0.3 is 0 Å². The van der Waals surface area contributed by atoms with Crippen LogP contribution in [0.15, 0.2) is 42.5 Å². The maximum absolute atomic E-state index is 12.5. The number of carbonyl (C=O) groups excluding carboxylic acids is 1. The van der Waals surface area contributed by atoms with Crippen molar-refractivity contribution in [3.63, 3.8) is 0 Å². The van der Waals surface area contributed by atoms with Gasteiger partial charge in [-0.2, -0.15) is 0 Å². The monoisotopic (exact) mass is 336 g/mol. The second-order valence-electron chi connectivity index (χ2n) is 7.43. The van der Waals surface area contributed by atoms with E-state index in [1.165, 1.54) is 11.1 Å². The van der Waals surface area contributed by atoms with Gasteiger partial charge in [0, 0.05) is 31.0 Å². The highest BCUT2D eigenvalue weighted by Crippen LogP contribution is 2.47. The van der Waals surface area contributed by atoms with E-state index in [2.05, 4.69) is 36.1 Å². The van der Waals surface area contributed by atoms with E-state index in [1.807, 2.05) is 12.1 Å². The molecule has 25 heavy (non-hydrogen) atoms. The molecule has 5 rings (SSSR count). The Labute approximate surface area is 148 Å². The number of phenolic OH excluding ortho intramolecular Hbond substituents is 1. The first kappa shape index (κ1) is 16.2. The number of fused-ring (bicyclic) bond motifs is 3. The minimum absolute atomic E-state index is 0.0266. The fourth-order valence-electron chi connectivity index (χ4n) is 4.52. The van der Waals surface area contributed by atoms with E-state index >= 15 is 0 Å². The summed E-state index contributed by atoms with van der Waals surface area (Å²) in [5.41, 5.74) is 9.86. The number of rotatable bonds is 3. The van der Waals surface area contributed by atoms with Crippen LogP contribution in [0.4, 0.5) is 5.69 Å². The van der Waals surface area contributed by atoms with Gasteiger partial charge in [0.2, 0.25) is 0 Å². The second kappa shape index (κ2) is 6.19. The first-order valence-electron chi connectivity index (χ1n) is 8.95. The van der Waals surface area contributed by atoms with Crippen molar-refractivity contribution in [2.75, 3.05) is 5.73 Å². The fraction of sp³-hybridized carbons (Fsp3) is 0.381. The van der Waals surface area contributed by atoms with Crippen LogP contribution >= 0.6 is 0 Å². The highest BCUT2D eigenvalue weighted by Gasteiger charge is 2.47. The zero-order valence-corrected chi connectivity index (χ0v) is 14.5. The van der Waals surface area contributed by atoms with E-state index in [9.17, 15) is 9.90 Å². The molecule has 3 unspecified atom stereocenters. The molecule has 3 fully saturated rings. The Morgan fingerprint density at radius 3 is 2.76 bits per heavy atom. The number of aryl methyl sites for hydroxylation is 1. The van der Waals surface area contributed by atoms with Crippen LogP contribution in [0.5, 0.6) is 5.75 Å². The topological polar surface area (TPSA) is 66.6 Å². The van der Waals surface area contributed by atoms with Crippen LogP contribution in [0.3, 0.4) is 0 Å². The Balaban J connectivity index is 1.71. The molecule has 1 aliphatic carbocycles. The van der Waals surface area contributed by atoms with Crippen LogP contribution in [0, 0.1) is 12.8 Å². The third-order valence-electron chi connectivity index (χ3n) is 5.71. The summed E-state index contributed by atoms with van der Waals surface area (Å²) in [4.78, 5) is 15.0. The molecule has 2 aliphatic heterocycles. The minimum Gasteiger partial charge on any atom is -0.506 e. The summed E-state index contributed by atoms with van der Waals surface area (Å²) in [6.45, 7) is 2.94. The molecule has 3 atom stereocenters. The van der Waals surface area contributed by atoms with Crippen LogP contribution in [-0.2, 0) is 11.3 Å². The van der Waals surface area contributed by atoms with Crippen molar-refractivity contribution in [2.45, 2.75) is 44.8 Å². The van der Waals surface area contributed by atoms with E-state index < -0.39 is 0 Å². The molecule has 1 saturated carbocycles. The van der Waals surface area contributed by atoms with Crippen LogP contribution in [0.25, 0.3) is 0 Å². The smallest absolute Gasteiger partial charge is 0.139 e. The standard InChI is InChI=1S/C21H24N2O2/c1-13-3-2-4-14(9-13)12-23-16-6-7-17(20(25)11-16)21(23)15-5-8-19(24)18(22)10-15/h2-5,8-10,16-17,21,24H,6-7,11-12,22H2,1H3. The summed E-state index contributed by atoms with van der Waals surface area (Å²) >= 11 is 0. The molecular formula is C21H24N2O2. The highest BCUT2D eigenvalue weighted by molar-refractivity contribution is 5.84. The van der Waals surface area contributed by atoms with Gasteiger partial charge in [-0.1, -0.05) is 35.9 Å². The Morgan fingerprint density at radius 2 is 2.04 bits per heavy atom. The molecule has 2 saturated heterocycles. The van der Waals surface area contributed by atoms with Gasteiger partial charge in [0.1, 0.15) is 11.5 Å². The number of piperidine rings is 2. The first-order chi connectivity index (χ1) is 12.0. The van der Waals surface area contributed by atoms with Crippen molar-refractivity contribution in [2.24, 2.45) is 5.92 Å². The van der Waals surface area contributed by atoms with Crippen LogP contribution in [0.2, 0.25) is 0 Å². The number of nitrogen functional groups attached to an aromatic ring is 1. The van der Waals surface area contributed by atoms with Gasteiger partial charge in [0.05, 0.1) is 5.69 Å². The van der Waals surface area contributed by atoms with Gasteiger partial charge < -0.3 is 10.8 Å². The summed E-state index contributed by atoms with van der Waals surface area (Å²) in [6, 6.07) is 14.3. The summed E-state index contributed by atoms with van der Waals surface area (Å²) in [6.07, 6.45) is 2.67. The molecule has 4 nitrogen and oxygen atoms in total. The third-order valence-corrected chi connectivity index (χ3v) is 5.71. The van der Waals surface area contributed by atoms with Gasteiger partial charge in [-0.25, -0.2) is 0 Å². The molecule has 0 radical (unpaired) electrons. The first-order valence-corrected chi connectivity index (χ1v) is 8.95. The number of carbonyl (C=O) groups is 1. The SMILES string of the molecule is Cc1cccc(CN2C3CCC(C(=O)C3)C2c2ccc(O)c(N)c2)c1. The summed E-state index contributed by atoms with van der Waals surface area (Å²) in [5, 5.41) is 9.75. The lowest BCUT2D eigenvalue weighted by atomic mass is 9.71. The molecule has 2 bridgehead atoms. The van der Waals surface area contributed by atoms with Gasteiger partial charge in [0.25, 0.3) is 0 Å². The molecule has 2 aromatic rings. The lowest BCUT2D eigenvalue weighted by Gasteiger charge is -2.51. The van der Waals surface area contributed by atoms with Crippen LogP contribution in [-0.4, -0.2) is 21.8 Å². The number of nitrogens with zero attached hydrogens (tertiary/aromatic N) is 1. The van der Waals surface area contributed by atoms with Crippen LogP contribution < -0.4 is 5.73 Å². The maximum Gasteiger partial charge on any atom is 0.139 e. The second-order valence-corrected chi connectivity index (χ2v) is 7.43. The number of hydrogen-bond donors (Lipinski definition) is 2. The maximum atomic E-state index is 12.5. The summed E-state index contributed by atoms with van der Waals surface area (Å²) in [7, 11) is 0. The lowest BCUT2D eigenvalue weighted by molar-refractivity contribution is -0.138. The number of ketones is 1. The summed E-state index contributed by atoms with van der Waals surface area (Å²) in [5.74, 6) is 0.494. The van der Waals surface area contributed by atoms with Crippen molar-refractivity contribution in [3.8, 4) is 5.75 Å². The predicted molar refractivity (Wildman–Crippen MR) is 98.1 cm³/mol. The zero-order chi connectivity index (χ0) is 17.6. The van der Waals surface area contributed by atoms with Crippen molar-refractivity contribution >= 4 is 11.5 Å². The lowest BCUT2D eigenvalue weighted by Crippen LogP contribution is -2.53. The molecule has 3 aliphatic rings. The molecule has 130 valence electrons. The number of phenols is 1. The van der Waals surface area contributed by atoms with E-state index in [1.54, 1.807) is 6.07 Å². The van der Waals surface area contributed by atoms with E-state index in [4.69, 9.17) is 5.73 Å². The molecular weight excluding hydrogens is 312 g/mol. The molecule has 2 heterocycles. The predicted octanol–water partition coefficient (Wildman–Crippen LogP) is 3.58.